The normalized spacial score (nSPS) is 12.9. The number of nitrogens with zero attached hydrogens (tertiary/aromatic N) is 1. The standard InChI is InChI=1S/C20H23NO4/c1-22-15-11-14-7-8-21-16(20(14)19(12-15)25-4)9-13-5-6-17(23-2)18(10-13)24-3/h5-6,10-12H,7-9H2,1-4H3. The van der Waals surface area contributed by atoms with Crippen molar-refractivity contribution in [1.82, 2.24) is 0 Å². The van der Waals surface area contributed by atoms with E-state index in [1.54, 1.807) is 28.4 Å². The third-order valence-electron chi connectivity index (χ3n) is 4.40. The maximum absolute atomic E-state index is 5.60. The minimum atomic E-state index is 0.704. The van der Waals surface area contributed by atoms with Gasteiger partial charge < -0.3 is 18.9 Å². The van der Waals surface area contributed by atoms with Crippen LogP contribution in [0, 0.1) is 0 Å². The largest absolute Gasteiger partial charge is 0.497 e. The molecule has 2 aromatic rings. The number of methoxy groups -OCH3 is 4. The van der Waals surface area contributed by atoms with Crippen LogP contribution in [0.2, 0.25) is 0 Å². The molecule has 1 aliphatic heterocycles. The fraction of sp³-hybridized carbons (Fsp3) is 0.350. The lowest BCUT2D eigenvalue weighted by Gasteiger charge is -2.21. The minimum Gasteiger partial charge on any atom is -0.497 e. The van der Waals surface area contributed by atoms with Crippen molar-refractivity contribution in [2.75, 3.05) is 35.0 Å². The van der Waals surface area contributed by atoms with Crippen LogP contribution in [-0.4, -0.2) is 40.7 Å². The molecule has 0 saturated heterocycles. The first-order valence-corrected chi connectivity index (χ1v) is 8.19. The highest BCUT2D eigenvalue weighted by molar-refractivity contribution is 6.06. The third kappa shape index (κ3) is 3.40. The zero-order valence-corrected chi connectivity index (χ0v) is 15.1. The Bertz CT molecular complexity index is 799. The Morgan fingerprint density at radius 1 is 0.840 bits per heavy atom. The number of ether oxygens (including phenoxy) is 4. The number of hydrogen-bond acceptors (Lipinski definition) is 5. The molecule has 0 amide bonds. The van der Waals surface area contributed by atoms with Gasteiger partial charge in [0, 0.05) is 24.6 Å². The van der Waals surface area contributed by atoms with Gasteiger partial charge in [-0.1, -0.05) is 6.07 Å². The van der Waals surface area contributed by atoms with Crippen molar-refractivity contribution in [3.8, 4) is 23.0 Å². The average Bonchev–Trinajstić information content (AvgIpc) is 2.66. The summed E-state index contributed by atoms with van der Waals surface area (Å²) < 4.78 is 21.7. The lowest BCUT2D eigenvalue weighted by molar-refractivity contribution is 0.354. The van der Waals surface area contributed by atoms with E-state index < -0.39 is 0 Å². The van der Waals surface area contributed by atoms with Gasteiger partial charge in [-0.3, -0.25) is 4.99 Å². The Balaban J connectivity index is 1.97. The summed E-state index contributed by atoms with van der Waals surface area (Å²) in [5.41, 5.74) is 4.42. The number of hydrogen-bond donors (Lipinski definition) is 0. The van der Waals surface area contributed by atoms with Crippen LogP contribution in [0.4, 0.5) is 0 Å². The number of aliphatic imine (C=N–C) groups is 1. The van der Waals surface area contributed by atoms with Gasteiger partial charge in [-0.25, -0.2) is 0 Å². The van der Waals surface area contributed by atoms with E-state index in [9.17, 15) is 0 Å². The number of fused-ring (bicyclic) bond motifs is 1. The quantitative estimate of drug-likeness (QED) is 0.809. The van der Waals surface area contributed by atoms with Crippen LogP contribution in [0.5, 0.6) is 23.0 Å². The van der Waals surface area contributed by atoms with Crippen LogP contribution < -0.4 is 18.9 Å². The molecule has 2 aromatic carbocycles. The molecule has 0 fully saturated rings. The first-order chi connectivity index (χ1) is 12.2. The summed E-state index contributed by atoms with van der Waals surface area (Å²) in [5, 5.41) is 0. The van der Waals surface area contributed by atoms with Crippen LogP contribution in [0.25, 0.3) is 0 Å². The summed E-state index contributed by atoms with van der Waals surface area (Å²) in [6, 6.07) is 9.93. The first kappa shape index (κ1) is 17.1. The topological polar surface area (TPSA) is 49.3 Å². The third-order valence-corrected chi connectivity index (χ3v) is 4.40. The van der Waals surface area contributed by atoms with Gasteiger partial charge in [0.2, 0.25) is 0 Å². The molecule has 0 radical (unpaired) electrons. The van der Waals surface area contributed by atoms with E-state index in [-0.39, 0.29) is 0 Å². The highest BCUT2D eigenvalue weighted by Crippen LogP contribution is 2.34. The van der Waals surface area contributed by atoms with Crippen molar-refractivity contribution < 1.29 is 18.9 Å². The van der Waals surface area contributed by atoms with Crippen molar-refractivity contribution >= 4 is 5.71 Å². The van der Waals surface area contributed by atoms with Crippen molar-refractivity contribution in [2.45, 2.75) is 12.8 Å². The zero-order chi connectivity index (χ0) is 17.8. The highest BCUT2D eigenvalue weighted by Gasteiger charge is 2.21. The second-order valence-corrected chi connectivity index (χ2v) is 5.81. The van der Waals surface area contributed by atoms with E-state index in [0.29, 0.717) is 6.42 Å². The van der Waals surface area contributed by atoms with Crippen LogP contribution in [0.1, 0.15) is 16.7 Å². The maximum atomic E-state index is 5.60. The van der Waals surface area contributed by atoms with Crippen LogP contribution in [0.3, 0.4) is 0 Å². The molecule has 1 aliphatic rings. The SMILES string of the molecule is COc1cc2c(c(OC)c1)C(Cc1ccc(OC)c(OC)c1)=NCC2. The summed E-state index contributed by atoms with van der Waals surface area (Å²) in [5.74, 6) is 3.05. The van der Waals surface area contributed by atoms with Gasteiger partial charge in [0.25, 0.3) is 0 Å². The molecule has 5 nitrogen and oxygen atoms in total. The van der Waals surface area contributed by atoms with E-state index in [4.69, 9.17) is 23.9 Å². The first-order valence-electron chi connectivity index (χ1n) is 8.19. The Hall–Kier alpha value is -2.69. The molecule has 25 heavy (non-hydrogen) atoms. The summed E-state index contributed by atoms with van der Waals surface area (Å²) in [4.78, 5) is 4.75. The molecule has 0 bridgehead atoms. The minimum absolute atomic E-state index is 0.704. The van der Waals surface area contributed by atoms with Gasteiger partial charge in [0.05, 0.1) is 34.2 Å². The van der Waals surface area contributed by atoms with E-state index in [2.05, 4.69) is 6.07 Å². The Morgan fingerprint density at radius 2 is 1.60 bits per heavy atom. The van der Waals surface area contributed by atoms with E-state index in [0.717, 1.165) is 52.8 Å². The van der Waals surface area contributed by atoms with Crippen LogP contribution in [0.15, 0.2) is 35.3 Å². The molecular weight excluding hydrogens is 318 g/mol. The smallest absolute Gasteiger partial charge is 0.160 e. The molecule has 0 aliphatic carbocycles. The van der Waals surface area contributed by atoms with Gasteiger partial charge in [0.1, 0.15) is 11.5 Å². The molecule has 0 saturated carbocycles. The molecular formula is C20H23NO4. The van der Waals surface area contributed by atoms with Crippen molar-refractivity contribution in [3.63, 3.8) is 0 Å². The molecule has 132 valence electrons. The summed E-state index contributed by atoms with van der Waals surface area (Å²) in [6.07, 6.45) is 1.59. The van der Waals surface area contributed by atoms with Gasteiger partial charge in [0.15, 0.2) is 11.5 Å². The van der Waals surface area contributed by atoms with E-state index >= 15 is 0 Å². The highest BCUT2D eigenvalue weighted by atomic mass is 16.5. The summed E-state index contributed by atoms with van der Waals surface area (Å²) in [6.45, 7) is 0.770. The van der Waals surface area contributed by atoms with Gasteiger partial charge >= 0.3 is 0 Å². The molecule has 0 atom stereocenters. The number of benzene rings is 2. The van der Waals surface area contributed by atoms with E-state index in [1.807, 2.05) is 24.3 Å². The summed E-state index contributed by atoms with van der Waals surface area (Å²) >= 11 is 0. The van der Waals surface area contributed by atoms with Crippen molar-refractivity contribution in [2.24, 2.45) is 4.99 Å². The Labute approximate surface area is 148 Å². The second-order valence-electron chi connectivity index (χ2n) is 5.81. The van der Waals surface area contributed by atoms with Gasteiger partial charge in [-0.05, 0) is 35.7 Å². The molecule has 0 N–H and O–H groups in total. The lowest BCUT2D eigenvalue weighted by atomic mass is 9.92. The molecule has 1 heterocycles. The predicted octanol–water partition coefficient (Wildman–Crippen LogP) is 3.31. The second kappa shape index (κ2) is 7.47. The van der Waals surface area contributed by atoms with Crippen molar-refractivity contribution in [1.29, 1.82) is 0 Å². The molecule has 0 unspecified atom stereocenters. The fourth-order valence-corrected chi connectivity index (χ4v) is 3.17. The molecule has 0 spiro atoms. The Morgan fingerprint density at radius 3 is 2.28 bits per heavy atom. The fourth-order valence-electron chi connectivity index (χ4n) is 3.17. The predicted molar refractivity (Wildman–Crippen MR) is 97.9 cm³/mol. The zero-order valence-electron chi connectivity index (χ0n) is 15.1. The average molecular weight is 341 g/mol. The number of rotatable bonds is 6. The molecule has 5 heteroatoms. The van der Waals surface area contributed by atoms with Gasteiger partial charge in [-0.15, -0.1) is 0 Å². The van der Waals surface area contributed by atoms with Crippen molar-refractivity contribution in [3.05, 3.63) is 47.0 Å². The van der Waals surface area contributed by atoms with Crippen LogP contribution >= 0.6 is 0 Å². The molecule has 3 rings (SSSR count). The maximum Gasteiger partial charge on any atom is 0.160 e. The lowest BCUT2D eigenvalue weighted by Crippen LogP contribution is -2.17. The van der Waals surface area contributed by atoms with E-state index in [1.165, 1.54) is 5.56 Å². The monoisotopic (exact) mass is 341 g/mol. The van der Waals surface area contributed by atoms with Gasteiger partial charge in [-0.2, -0.15) is 0 Å². The summed E-state index contributed by atoms with van der Waals surface area (Å²) in [7, 11) is 6.63. The molecule has 0 aromatic heterocycles. The Kier molecular flexibility index (Phi) is 5.12. The van der Waals surface area contributed by atoms with Crippen LogP contribution in [-0.2, 0) is 12.8 Å².